The van der Waals surface area contributed by atoms with Crippen LogP contribution in [0.3, 0.4) is 0 Å². The number of benzene rings is 2. The zero-order valence-corrected chi connectivity index (χ0v) is 14.0. The van der Waals surface area contributed by atoms with Gasteiger partial charge in [0.15, 0.2) is 0 Å². The van der Waals surface area contributed by atoms with Gasteiger partial charge in [0.05, 0.1) is 11.0 Å². The number of nitrogens with one attached hydrogen (secondary N) is 1. The molecule has 0 aliphatic rings. The quantitative estimate of drug-likeness (QED) is 0.640. The van der Waals surface area contributed by atoms with Gasteiger partial charge in [0.2, 0.25) is 0 Å². The van der Waals surface area contributed by atoms with Crippen LogP contribution in [0.2, 0.25) is 5.02 Å². The zero-order valence-electron chi connectivity index (χ0n) is 13.2. The fraction of sp³-hybridized carbons (Fsp3) is 0.235. The lowest BCUT2D eigenvalue weighted by atomic mass is 10.0. The van der Waals surface area contributed by atoms with Gasteiger partial charge < -0.3 is 10.4 Å². The normalized spacial score (nSPS) is 11.8. The van der Waals surface area contributed by atoms with E-state index in [2.05, 4.69) is 5.32 Å². The fourth-order valence-electron chi connectivity index (χ4n) is 2.45. The Morgan fingerprint density at radius 1 is 1.25 bits per heavy atom. The van der Waals surface area contributed by atoms with E-state index in [1.807, 2.05) is 32.0 Å². The van der Waals surface area contributed by atoms with Crippen molar-refractivity contribution in [2.45, 2.75) is 20.0 Å². The number of halogens is 1. The van der Waals surface area contributed by atoms with Gasteiger partial charge in [-0.2, -0.15) is 0 Å². The van der Waals surface area contributed by atoms with Crippen molar-refractivity contribution < 1.29 is 14.8 Å². The van der Waals surface area contributed by atoms with Crippen molar-refractivity contribution >= 4 is 23.2 Å². The SMILES string of the molecule is Cc1cc(C)cc([C@@H](O)CNC(=O)c2ccc(Cl)cc2[N+](=O)[O-])c1. The molecule has 2 aromatic carbocycles. The average Bonchev–Trinajstić information content (AvgIpc) is 2.51. The van der Waals surface area contributed by atoms with E-state index in [4.69, 9.17) is 11.6 Å². The lowest BCUT2D eigenvalue weighted by Crippen LogP contribution is -2.29. The number of amides is 1. The molecule has 0 heterocycles. The standard InChI is InChI=1S/C17H17ClN2O4/c1-10-5-11(2)7-12(6-10)16(21)9-19-17(22)14-4-3-13(18)8-15(14)20(23)24/h3-8,16,21H,9H2,1-2H3,(H,19,22)/t16-/m0/s1. The molecule has 0 aromatic heterocycles. The van der Waals surface area contributed by atoms with Gasteiger partial charge in [0.25, 0.3) is 11.6 Å². The Morgan fingerprint density at radius 3 is 2.46 bits per heavy atom. The smallest absolute Gasteiger partial charge is 0.283 e. The molecule has 0 bridgehead atoms. The minimum atomic E-state index is -0.904. The third-order valence-corrected chi connectivity index (χ3v) is 3.72. The molecule has 7 heteroatoms. The molecule has 0 fully saturated rings. The number of nitro groups is 1. The highest BCUT2D eigenvalue weighted by Gasteiger charge is 2.21. The predicted octanol–water partition coefficient (Wildman–Crippen LogP) is 3.33. The van der Waals surface area contributed by atoms with Gasteiger partial charge in [-0.25, -0.2) is 0 Å². The monoisotopic (exact) mass is 348 g/mol. The first-order chi connectivity index (χ1) is 11.3. The van der Waals surface area contributed by atoms with Crippen LogP contribution in [0, 0.1) is 24.0 Å². The molecule has 126 valence electrons. The number of aryl methyl sites for hydroxylation is 2. The number of hydrogen-bond donors (Lipinski definition) is 2. The van der Waals surface area contributed by atoms with Crippen molar-refractivity contribution in [1.29, 1.82) is 0 Å². The number of carbonyl (C=O) groups is 1. The molecule has 24 heavy (non-hydrogen) atoms. The lowest BCUT2D eigenvalue weighted by molar-refractivity contribution is -0.385. The molecule has 2 aromatic rings. The fourth-order valence-corrected chi connectivity index (χ4v) is 2.62. The van der Waals surface area contributed by atoms with Gasteiger partial charge in [-0.05, 0) is 31.5 Å². The number of nitrogens with zero attached hydrogens (tertiary/aromatic N) is 1. The molecule has 1 atom stereocenters. The van der Waals surface area contributed by atoms with E-state index in [1.165, 1.54) is 12.1 Å². The number of aliphatic hydroxyl groups is 1. The molecule has 2 N–H and O–H groups in total. The maximum Gasteiger partial charge on any atom is 0.283 e. The average molecular weight is 349 g/mol. The summed E-state index contributed by atoms with van der Waals surface area (Å²) in [5.41, 5.74) is 2.21. The summed E-state index contributed by atoms with van der Waals surface area (Å²) in [5, 5.41) is 23.9. The van der Waals surface area contributed by atoms with Crippen molar-refractivity contribution in [1.82, 2.24) is 5.32 Å². The minimum absolute atomic E-state index is 0.0541. The summed E-state index contributed by atoms with van der Waals surface area (Å²) in [6.07, 6.45) is -0.904. The Kier molecular flexibility index (Phi) is 5.54. The molecule has 0 saturated carbocycles. The summed E-state index contributed by atoms with van der Waals surface area (Å²) >= 11 is 5.73. The van der Waals surface area contributed by atoms with Crippen LogP contribution in [0.25, 0.3) is 0 Å². The molecule has 0 saturated heterocycles. The van der Waals surface area contributed by atoms with Crippen LogP contribution >= 0.6 is 11.6 Å². The lowest BCUT2D eigenvalue weighted by Gasteiger charge is -2.14. The Hall–Kier alpha value is -2.44. The highest BCUT2D eigenvalue weighted by molar-refractivity contribution is 6.31. The summed E-state index contributed by atoms with van der Waals surface area (Å²) in [6, 6.07) is 9.45. The summed E-state index contributed by atoms with van der Waals surface area (Å²) in [5.74, 6) is -0.637. The van der Waals surface area contributed by atoms with E-state index in [0.717, 1.165) is 17.2 Å². The second-order valence-electron chi connectivity index (χ2n) is 5.57. The minimum Gasteiger partial charge on any atom is -0.387 e. The Balaban J connectivity index is 2.12. The van der Waals surface area contributed by atoms with Crippen LogP contribution in [0.5, 0.6) is 0 Å². The highest BCUT2D eigenvalue weighted by atomic mass is 35.5. The summed E-state index contributed by atoms with van der Waals surface area (Å²) < 4.78 is 0. The predicted molar refractivity (Wildman–Crippen MR) is 91.3 cm³/mol. The highest BCUT2D eigenvalue weighted by Crippen LogP contribution is 2.23. The van der Waals surface area contributed by atoms with Crippen LogP contribution in [0.4, 0.5) is 5.69 Å². The summed E-state index contributed by atoms with van der Waals surface area (Å²) in [4.78, 5) is 22.5. The van der Waals surface area contributed by atoms with Crippen molar-refractivity contribution in [2.24, 2.45) is 0 Å². The molecule has 2 rings (SSSR count). The number of rotatable bonds is 5. The summed E-state index contributed by atoms with van der Waals surface area (Å²) in [7, 11) is 0. The number of carbonyl (C=O) groups excluding carboxylic acids is 1. The van der Waals surface area contributed by atoms with Crippen molar-refractivity contribution in [3.05, 3.63) is 73.8 Å². The van der Waals surface area contributed by atoms with Gasteiger partial charge >= 0.3 is 0 Å². The number of nitro benzene ring substituents is 1. The molecule has 6 nitrogen and oxygen atoms in total. The van der Waals surface area contributed by atoms with Gasteiger partial charge in [-0.1, -0.05) is 40.9 Å². The van der Waals surface area contributed by atoms with E-state index in [1.54, 1.807) is 0 Å². The van der Waals surface area contributed by atoms with Crippen molar-refractivity contribution in [2.75, 3.05) is 6.54 Å². The molecule has 1 amide bonds. The Labute approximate surface area is 144 Å². The number of hydrogen-bond acceptors (Lipinski definition) is 4. The van der Waals surface area contributed by atoms with Crippen LogP contribution in [-0.4, -0.2) is 22.5 Å². The van der Waals surface area contributed by atoms with Gasteiger partial charge in [0, 0.05) is 17.6 Å². The molecule has 0 aliphatic heterocycles. The molecular weight excluding hydrogens is 332 g/mol. The second kappa shape index (κ2) is 7.42. The molecule has 0 unspecified atom stereocenters. The first-order valence-corrected chi connectivity index (χ1v) is 7.64. The second-order valence-corrected chi connectivity index (χ2v) is 6.00. The van der Waals surface area contributed by atoms with Gasteiger partial charge in [-0.15, -0.1) is 0 Å². The van der Waals surface area contributed by atoms with Crippen LogP contribution in [-0.2, 0) is 0 Å². The maximum absolute atomic E-state index is 12.2. The topological polar surface area (TPSA) is 92.5 Å². The van der Waals surface area contributed by atoms with Crippen molar-refractivity contribution in [3.8, 4) is 0 Å². The van der Waals surface area contributed by atoms with E-state index >= 15 is 0 Å². The van der Waals surface area contributed by atoms with Crippen LogP contribution in [0.15, 0.2) is 36.4 Å². The Bertz CT molecular complexity index is 772. The van der Waals surface area contributed by atoms with Gasteiger partial charge in [-0.3, -0.25) is 14.9 Å². The third-order valence-electron chi connectivity index (χ3n) is 3.49. The molecule has 0 spiro atoms. The van der Waals surface area contributed by atoms with E-state index in [9.17, 15) is 20.0 Å². The molecule has 0 aliphatic carbocycles. The first kappa shape index (κ1) is 17.9. The maximum atomic E-state index is 12.2. The summed E-state index contributed by atoms with van der Waals surface area (Å²) in [6.45, 7) is 3.78. The van der Waals surface area contributed by atoms with E-state index in [-0.39, 0.29) is 22.8 Å². The molecular formula is C17H17ClN2O4. The van der Waals surface area contributed by atoms with Crippen LogP contribution in [0.1, 0.15) is 33.2 Å². The Morgan fingerprint density at radius 2 is 1.88 bits per heavy atom. The zero-order chi connectivity index (χ0) is 17.9. The van der Waals surface area contributed by atoms with Crippen LogP contribution < -0.4 is 5.32 Å². The largest absolute Gasteiger partial charge is 0.387 e. The van der Waals surface area contributed by atoms with Crippen molar-refractivity contribution in [3.63, 3.8) is 0 Å². The van der Waals surface area contributed by atoms with E-state index in [0.29, 0.717) is 5.56 Å². The van der Waals surface area contributed by atoms with E-state index < -0.39 is 16.9 Å². The number of aliphatic hydroxyl groups excluding tert-OH is 1. The third kappa shape index (κ3) is 4.31. The first-order valence-electron chi connectivity index (χ1n) is 7.26. The van der Waals surface area contributed by atoms with Gasteiger partial charge in [0.1, 0.15) is 5.56 Å². The molecule has 0 radical (unpaired) electrons.